The van der Waals surface area contributed by atoms with Crippen molar-refractivity contribution >= 4 is 19.0 Å². The Balaban J connectivity index is 2.97. The van der Waals surface area contributed by atoms with E-state index in [1.807, 2.05) is 18.2 Å². The maximum atomic E-state index is 11.1. The molecule has 0 spiro atoms. The molecule has 15 heavy (non-hydrogen) atoms. The lowest BCUT2D eigenvalue weighted by atomic mass is 10.2. The molecule has 0 heterocycles. The molecule has 1 rings (SSSR count). The summed E-state index contributed by atoms with van der Waals surface area (Å²) in [5, 5.41) is 1.38. The van der Waals surface area contributed by atoms with Gasteiger partial charge in [0, 0.05) is 5.56 Å². The summed E-state index contributed by atoms with van der Waals surface area (Å²) in [5.74, 6) is 0.129. The normalized spacial score (nSPS) is 11.1. The summed E-state index contributed by atoms with van der Waals surface area (Å²) in [5.41, 5.74) is 0.794. The zero-order chi connectivity index (χ0) is 11.5. The molecular formula is C13H18OSi. The maximum Gasteiger partial charge on any atom is 0.159 e. The van der Waals surface area contributed by atoms with Gasteiger partial charge >= 0.3 is 0 Å². The molecule has 1 nitrogen and oxygen atoms in total. The van der Waals surface area contributed by atoms with Crippen LogP contribution < -0.4 is 5.19 Å². The third kappa shape index (κ3) is 2.90. The van der Waals surface area contributed by atoms with Crippen LogP contribution in [0, 0.1) is 0 Å². The van der Waals surface area contributed by atoms with Gasteiger partial charge in [-0.25, -0.2) is 0 Å². The van der Waals surface area contributed by atoms with Gasteiger partial charge in [-0.3, -0.25) is 4.79 Å². The monoisotopic (exact) mass is 218 g/mol. The predicted molar refractivity (Wildman–Crippen MR) is 68.6 cm³/mol. The van der Waals surface area contributed by atoms with E-state index in [0.717, 1.165) is 11.6 Å². The molecule has 0 aliphatic heterocycles. The van der Waals surface area contributed by atoms with Gasteiger partial charge < -0.3 is 0 Å². The lowest BCUT2D eigenvalue weighted by molar-refractivity contribution is 0.101. The van der Waals surface area contributed by atoms with E-state index in [2.05, 4.69) is 31.8 Å². The van der Waals surface area contributed by atoms with Crippen molar-refractivity contribution < 1.29 is 4.79 Å². The van der Waals surface area contributed by atoms with E-state index in [0.29, 0.717) is 0 Å². The Hall–Kier alpha value is -1.15. The summed E-state index contributed by atoms with van der Waals surface area (Å²) in [6.07, 6.45) is 1.99. The van der Waals surface area contributed by atoms with Crippen molar-refractivity contribution in [1.82, 2.24) is 0 Å². The molecule has 0 radical (unpaired) electrons. The first-order valence-electron chi connectivity index (χ1n) is 5.20. The van der Waals surface area contributed by atoms with Gasteiger partial charge in [0.2, 0.25) is 0 Å². The van der Waals surface area contributed by atoms with E-state index in [1.54, 1.807) is 6.92 Å². The minimum Gasteiger partial charge on any atom is -0.295 e. The van der Waals surface area contributed by atoms with E-state index in [4.69, 9.17) is 0 Å². The standard InChI is InChI=1S/C13H18OSi/c1-5-10-15(3,4)13-8-6-12(7-9-13)11(2)14/h5-9H,1,10H2,2-4H3. The molecule has 0 atom stereocenters. The average molecular weight is 218 g/mol. The number of Topliss-reactive ketones (excluding diaryl/α,β-unsaturated/α-hetero) is 1. The molecule has 0 unspecified atom stereocenters. The fourth-order valence-electron chi connectivity index (χ4n) is 1.63. The van der Waals surface area contributed by atoms with Gasteiger partial charge in [-0.05, 0) is 13.0 Å². The Morgan fingerprint density at radius 1 is 1.33 bits per heavy atom. The molecular weight excluding hydrogens is 200 g/mol. The highest BCUT2D eigenvalue weighted by molar-refractivity contribution is 6.90. The van der Waals surface area contributed by atoms with Crippen LogP contribution in [0.5, 0.6) is 0 Å². The highest BCUT2D eigenvalue weighted by Gasteiger charge is 2.21. The zero-order valence-electron chi connectivity index (χ0n) is 9.71. The second-order valence-corrected chi connectivity index (χ2v) is 9.26. The molecule has 0 aliphatic carbocycles. The highest BCUT2D eigenvalue weighted by atomic mass is 28.3. The fourth-order valence-corrected chi connectivity index (χ4v) is 3.66. The minimum atomic E-state index is -1.37. The van der Waals surface area contributed by atoms with Crippen molar-refractivity contribution in [3.05, 3.63) is 42.5 Å². The van der Waals surface area contributed by atoms with Gasteiger partial charge in [0.05, 0.1) is 8.07 Å². The Morgan fingerprint density at radius 3 is 2.27 bits per heavy atom. The third-order valence-electron chi connectivity index (χ3n) is 2.73. The smallest absolute Gasteiger partial charge is 0.159 e. The van der Waals surface area contributed by atoms with Crippen LogP contribution in [-0.4, -0.2) is 13.9 Å². The predicted octanol–water partition coefficient (Wildman–Crippen LogP) is 2.99. The highest BCUT2D eigenvalue weighted by Crippen LogP contribution is 2.11. The molecule has 1 aromatic rings. The van der Waals surface area contributed by atoms with Gasteiger partial charge in [0.25, 0.3) is 0 Å². The number of allylic oxidation sites excluding steroid dienone is 1. The van der Waals surface area contributed by atoms with Crippen LogP contribution in [0.15, 0.2) is 36.9 Å². The molecule has 1 aromatic carbocycles. The summed E-state index contributed by atoms with van der Waals surface area (Å²) in [6.45, 7) is 10.0. The Bertz CT molecular complexity index is 363. The van der Waals surface area contributed by atoms with Crippen molar-refractivity contribution in [3.63, 3.8) is 0 Å². The Labute approximate surface area is 92.8 Å². The summed E-state index contributed by atoms with van der Waals surface area (Å²) in [6, 6.07) is 9.11. The van der Waals surface area contributed by atoms with Crippen LogP contribution >= 0.6 is 0 Å². The number of benzene rings is 1. The van der Waals surface area contributed by atoms with Crippen LogP contribution in [0.4, 0.5) is 0 Å². The number of carbonyl (C=O) groups is 1. The van der Waals surface area contributed by atoms with Gasteiger partial charge in [-0.2, -0.15) is 0 Å². The SMILES string of the molecule is C=CC[Si](C)(C)c1ccc(C(C)=O)cc1. The molecule has 80 valence electrons. The number of ketones is 1. The van der Waals surface area contributed by atoms with Gasteiger partial charge in [0.15, 0.2) is 5.78 Å². The van der Waals surface area contributed by atoms with E-state index >= 15 is 0 Å². The first-order chi connectivity index (χ1) is 6.97. The summed E-state index contributed by atoms with van der Waals surface area (Å²) in [7, 11) is -1.37. The first-order valence-corrected chi connectivity index (χ1v) is 8.40. The van der Waals surface area contributed by atoms with E-state index in [9.17, 15) is 4.79 Å². The van der Waals surface area contributed by atoms with Crippen LogP contribution in [0.1, 0.15) is 17.3 Å². The molecule has 0 N–H and O–H groups in total. The van der Waals surface area contributed by atoms with Crippen molar-refractivity contribution in [3.8, 4) is 0 Å². The topological polar surface area (TPSA) is 17.1 Å². The first kappa shape index (κ1) is 11.9. The number of rotatable bonds is 4. The number of hydrogen-bond acceptors (Lipinski definition) is 1. The molecule has 0 saturated carbocycles. The summed E-state index contributed by atoms with van der Waals surface area (Å²) < 4.78 is 0. The zero-order valence-corrected chi connectivity index (χ0v) is 10.7. The lowest BCUT2D eigenvalue weighted by Crippen LogP contribution is -2.40. The molecule has 0 amide bonds. The second-order valence-electron chi connectivity index (χ2n) is 4.51. The van der Waals surface area contributed by atoms with Gasteiger partial charge in [-0.15, -0.1) is 6.58 Å². The minimum absolute atomic E-state index is 0.129. The molecule has 0 saturated heterocycles. The van der Waals surface area contributed by atoms with Crippen molar-refractivity contribution in [2.75, 3.05) is 0 Å². The van der Waals surface area contributed by atoms with Crippen molar-refractivity contribution in [2.45, 2.75) is 26.1 Å². The second kappa shape index (κ2) is 4.58. The maximum absolute atomic E-state index is 11.1. The van der Waals surface area contributed by atoms with E-state index in [1.165, 1.54) is 5.19 Å². The Kier molecular flexibility index (Phi) is 3.64. The van der Waals surface area contributed by atoms with Gasteiger partial charge in [-0.1, -0.05) is 48.6 Å². The van der Waals surface area contributed by atoms with Crippen LogP contribution in [0.25, 0.3) is 0 Å². The van der Waals surface area contributed by atoms with Crippen molar-refractivity contribution in [1.29, 1.82) is 0 Å². The number of carbonyl (C=O) groups excluding carboxylic acids is 1. The van der Waals surface area contributed by atoms with Crippen LogP contribution in [0.2, 0.25) is 19.1 Å². The average Bonchev–Trinajstić information content (AvgIpc) is 2.18. The largest absolute Gasteiger partial charge is 0.295 e. The summed E-state index contributed by atoms with van der Waals surface area (Å²) in [4.78, 5) is 11.1. The Morgan fingerprint density at radius 2 is 1.87 bits per heavy atom. The number of hydrogen-bond donors (Lipinski definition) is 0. The fraction of sp³-hybridized carbons (Fsp3) is 0.308. The van der Waals surface area contributed by atoms with Crippen LogP contribution in [0.3, 0.4) is 0 Å². The summed E-state index contributed by atoms with van der Waals surface area (Å²) >= 11 is 0. The van der Waals surface area contributed by atoms with Gasteiger partial charge in [0.1, 0.15) is 0 Å². The van der Waals surface area contributed by atoms with Crippen LogP contribution in [-0.2, 0) is 0 Å². The van der Waals surface area contributed by atoms with Crippen molar-refractivity contribution in [2.24, 2.45) is 0 Å². The molecule has 0 aromatic heterocycles. The third-order valence-corrected chi connectivity index (χ3v) is 5.93. The van der Waals surface area contributed by atoms with E-state index in [-0.39, 0.29) is 5.78 Å². The molecule has 2 heteroatoms. The molecule has 0 fully saturated rings. The molecule has 0 aliphatic rings. The van der Waals surface area contributed by atoms with E-state index < -0.39 is 8.07 Å². The lowest BCUT2D eigenvalue weighted by Gasteiger charge is -2.21. The molecule has 0 bridgehead atoms. The quantitative estimate of drug-likeness (QED) is 0.431.